The molecule has 4 nitrogen and oxygen atoms in total. The van der Waals surface area contributed by atoms with E-state index in [4.69, 9.17) is 21.1 Å². The van der Waals surface area contributed by atoms with Crippen molar-refractivity contribution in [2.45, 2.75) is 13.8 Å². The molecule has 1 heterocycles. The van der Waals surface area contributed by atoms with E-state index in [0.29, 0.717) is 11.6 Å². The highest BCUT2D eigenvalue weighted by Crippen LogP contribution is 2.34. The lowest BCUT2D eigenvalue weighted by molar-refractivity contribution is 0.340. The molecule has 0 spiro atoms. The van der Waals surface area contributed by atoms with Gasteiger partial charge in [-0.2, -0.15) is 0 Å². The first-order valence-electron chi connectivity index (χ1n) is 7.75. The van der Waals surface area contributed by atoms with Crippen molar-refractivity contribution in [2.75, 3.05) is 19.0 Å². The second kappa shape index (κ2) is 6.97. The lowest BCUT2D eigenvalue weighted by Crippen LogP contribution is -1.98. The number of ether oxygens (including phenoxy) is 2. The molecular formula is C19H19ClN2O2. The maximum atomic E-state index is 6.13. The summed E-state index contributed by atoms with van der Waals surface area (Å²) >= 11 is 6.13. The zero-order chi connectivity index (χ0) is 17.1. The number of hydrogen-bond donors (Lipinski definition) is 1. The van der Waals surface area contributed by atoms with Crippen LogP contribution < -0.4 is 14.8 Å². The summed E-state index contributed by atoms with van der Waals surface area (Å²) in [6.45, 7) is 4.56. The summed E-state index contributed by atoms with van der Waals surface area (Å²) < 4.78 is 11.0. The molecule has 3 aromatic rings. The van der Waals surface area contributed by atoms with E-state index >= 15 is 0 Å². The van der Waals surface area contributed by atoms with Crippen LogP contribution >= 0.6 is 11.6 Å². The molecule has 0 radical (unpaired) electrons. The van der Waals surface area contributed by atoms with Gasteiger partial charge in [-0.25, -0.2) is 0 Å². The second-order valence-electron chi connectivity index (χ2n) is 5.39. The molecule has 24 heavy (non-hydrogen) atoms. The standard InChI is InChI=1S/C19H19ClN2O2/c1-4-24-14-6-7-16-15(11-14)17(9-12(2)21-16)22-18-10-13(20)5-8-19(18)23-3/h5-11H,4H2,1-3H3,(H,21,22). The fourth-order valence-electron chi connectivity index (χ4n) is 2.62. The molecule has 0 aliphatic rings. The van der Waals surface area contributed by atoms with E-state index in [2.05, 4.69) is 10.3 Å². The zero-order valence-electron chi connectivity index (χ0n) is 13.9. The number of rotatable bonds is 5. The summed E-state index contributed by atoms with van der Waals surface area (Å²) in [5.41, 5.74) is 3.57. The molecule has 0 unspecified atom stereocenters. The molecule has 1 aromatic heterocycles. The van der Waals surface area contributed by atoms with Crippen LogP contribution in [0.5, 0.6) is 11.5 Å². The molecule has 0 saturated heterocycles. The maximum absolute atomic E-state index is 6.13. The Morgan fingerprint density at radius 1 is 1.08 bits per heavy atom. The summed E-state index contributed by atoms with van der Waals surface area (Å²) in [5, 5.41) is 5.03. The molecule has 5 heteroatoms. The van der Waals surface area contributed by atoms with Crippen molar-refractivity contribution in [2.24, 2.45) is 0 Å². The molecule has 0 bridgehead atoms. The number of anilines is 2. The van der Waals surface area contributed by atoms with Crippen molar-refractivity contribution in [1.29, 1.82) is 0 Å². The molecule has 124 valence electrons. The Bertz CT molecular complexity index is 881. The van der Waals surface area contributed by atoms with Crippen LogP contribution in [0, 0.1) is 6.92 Å². The van der Waals surface area contributed by atoms with Gasteiger partial charge in [0.05, 0.1) is 24.9 Å². The first kappa shape index (κ1) is 16.4. The third-order valence-electron chi connectivity index (χ3n) is 3.65. The SMILES string of the molecule is CCOc1ccc2nc(C)cc(Nc3cc(Cl)ccc3OC)c2c1. The quantitative estimate of drug-likeness (QED) is 0.679. The number of aryl methyl sites for hydroxylation is 1. The highest BCUT2D eigenvalue weighted by Gasteiger charge is 2.10. The normalized spacial score (nSPS) is 10.7. The van der Waals surface area contributed by atoms with Crippen molar-refractivity contribution >= 4 is 33.9 Å². The maximum Gasteiger partial charge on any atom is 0.142 e. The van der Waals surface area contributed by atoms with Crippen LogP contribution in [-0.4, -0.2) is 18.7 Å². The van der Waals surface area contributed by atoms with E-state index in [1.165, 1.54) is 0 Å². The first-order chi connectivity index (χ1) is 11.6. The number of halogens is 1. The molecular weight excluding hydrogens is 324 g/mol. The number of aromatic nitrogens is 1. The lowest BCUT2D eigenvalue weighted by atomic mass is 10.1. The monoisotopic (exact) mass is 342 g/mol. The Labute approximate surface area is 146 Å². The van der Waals surface area contributed by atoms with E-state index in [9.17, 15) is 0 Å². The number of nitrogens with one attached hydrogen (secondary N) is 1. The number of hydrogen-bond acceptors (Lipinski definition) is 4. The largest absolute Gasteiger partial charge is 0.495 e. The van der Waals surface area contributed by atoms with Crippen LogP contribution in [0.4, 0.5) is 11.4 Å². The van der Waals surface area contributed by atoms with E-state index < -0.39 is 0 Å². The van der Waals surface area contributed by atoms with Gasteiger partial charge in [0.2, 0.25) is 0 Å². The Hall–Kier alpha value is -2.46. The Balaban J connectivity index is 2.11. The van der Waals surface area contributed by atoms with Crippen LogP contribution in [-0.2, 0) is 0 Å². The van der Waals surface area contributed by atoms with E-state index in [1.807, 2.05) is 50.2 Å². The van der Waals surface area contributed by atoms with Crippen molar-refractivity contribution < 1.29 is 9.47 Å². The number of methoxy groups -OCH3 is 1. The Kier molecular flexibility index (Phi) is 4.76. The fraction of sp³-hybridized carbons (Fsp3) is 0.211. The number of benzene rings is 2. The van der Waals surface area contributed by atoms with Gasteiger partial charge in [0.25, 0.3) is 0 Å². The minimum Gasteiger partial charge on any atom is -0.495 e. The molecule has 0 fully saturated rings. The number of fused-ring (bicyclic) bond motifs is 1. The average molecular weight is 343 g/mol. The molecule has 0 aliphatic carbocycles. The smallest absolute Gasteiger partial charge is 0.142 e. The van der Waals surface area contributed by atoms with Gasteiger partial charge in [-0.3, -0.25) is 4.98 Å². The summed E-state index contributed by atoms with van der Waals surface area (Å²) in [6.07, 6.45) is 0. The van der Waals surface area contributed by atoms with E-state index in [0.717, 1.165) is 39.5 Å². The van der Waals surface area contributed by atoms with Crippen molar-refractivity contribution in [3.63, 3.8) is 0 Å². The first-order valence-corrected chi connectivity index (χ1v) is 8.13. The molecule has 3 rings (SSSR count). The predicted octanol–water partition coefficient (Wildman–Crippen LogP) is 5.35. The van der Waals surface area contributed by atoms with Gasteiger partial charge >= 0.3 is 0 Å². The molecule has 0 amide bonds. The van der Waals surface area contributed by atoms with Crippen molar-refractivity contribution in [3.8, 4) is 11.5 Å². The highest BCUT2D eigenvalue weighted by atomic mass is 35.5. The van der Waals surface area contributed by atoms with Gasteiger partial charge in [-0.05, 0) is 56.3 Å². The molecule has 2 aromatic carbocycles. The zero-order valence-corrected chi connectivity index (χ0v) is 14.6. The van der Waals surface area contributed by atoms with Crippen molar-refractivity contribution in [3.05, 3.63) is 53.2 Å². The third kappa shape index (κ3) is 3.39. The summed E-state index contributed by atoms with van der Waals surface area (Å²) in [5.74, 6) is 1.54. The van der Waals surface area contributed by atoms with Crippen LogP contribution in [0.25, 0.3) is 10.9 Å². The molecule has 0 saturated carbocycles. The van der Waals surface area contributed by atoms with Gasteiger partial charge in [-0.15, -0.1) is 0 Å². The lowest BCUT2D eigenvalue weighted by Gasteiger charge is -2.15. The predicted molar refractivity (Wildman–Crippen MR) is 98.9 cm³/mol. The van der Waals surface area contributed by atoms with Crippen LogP contribution in [0.15, 0.2) is 42.5 Å². The Morgan fingerprint density at radius 3 is 2.67 bits per heavy atom. The minimum absolute atomic E-state index is 0.621. The van der Waals surface area contributed by atoms with Gasteiger partial charge in [0, 0.05) is 21.8 Å². The number of pyridine rings is 1. The Morgan fingerprint density at radius 2 is 1.92 bits per heavy atom. The molecule has 0 aliphatic heterocycles. The van der Waals surface area contributed by atoms with Crippen LogP contribution in [0.3, 0.4) is 0 Å². The topological polar surface area (TPSA) is 43.4 Å². The minimum atomic E-state index is 0.621. The van der Waals surface area contributed by atoms with Gasteiger partial charge in [-0.1, -0.05) is 11.6 Å². The van der Waals surface area contributed by atoms with Crippen LogP contribution in [0.2, 0.25) is 5.02 Å². The molecule has 0 atom stereocenters. The van der Waals surface area contributed by atoms with Gasteiger partial charge in [0.1, 0.15) is 11.5 Å². The molecule has 1 N–H and O–H groups in total. The highest BCUT2D eigenvalue weighted by molar-refractivity contribution is 6.31. The number of nitrogens with zero attached hydrogens (tertiary/aromatic N) is 1. The van der Waals surface area contributed by atoms with Crippen molar-refractivity contribution in [1.82, 2.24) is 4.98 Å². The fourth-order valence-corrected chi connectivity index (χ4v) is 2.79. The average Bonchev–Trinajstić information content (AvgIpc) is 2.56. The third-order valence-corrected chi connectivity index (χ3v) is 3.89. The van der Waals surface area contributed by atoms with Gasteiger partial charge < -0.3 is 14.8 Å². The van der Waals surface area contributed by atoms with Gasteiger partial charge in [0.15, 0.2) is 0 Å². The summed E-state index contributed by atoms with van der Waals surface area (Å²) in [7, 11) is 1.64. The van der Waals surface area contributed by atoms with Crippen LogP contribution in [0.1, 0.15) is 12.6 Å². The second-order valence-corrected chi connectivity index (χ2v) is 5.83. The van der Waals surface area contributed by atoms with E-state index in [1.54, 1.807) is 13.2 Å². The summed E-state index contributed by atoms with van der Waals surface area (Å²) in [4.78, 5) is 4.59. The summed E-state index contributed by atoms with van der Waals surface area (Å²) in [6, 6.07) is 13.4. The van der Waals surface area contributed by atoms with E-state index in [-0.39, 0.29) is 0 Å².